The average molecular weight is 211 g/mol. The second-order valence-corrected chi connectivity index (χ2v) is 3.68. The molecule has 1 unspecified atom stereocenters. The third-order valence-corrected chi connectivity index (χ3v) is 2.51. The standard InChI is InChI=1S/C11H14FNO2/c12-10-6-8(3-4-11(10)14)13-7-9-2-1-5-15-9/h3-4,6,9,13-14H,1-2,5,7H2. The van der Waals surface area contributed by atoms with E-state index < -0.39 is 5.82 Å². The van der Waals surface area contributed by atoms with Gasteiger partial charge in [-0.2, -0.15) is 0 Å². The highest BCUT2D eigenvalue weighted by Crippen LogP contribution is 2.20. The zero-order valence-corrected chi connectivity index (χ0v) is 8.37. The monoisotopic (exact) mass is 211 g/mol. The largest absolute Gasteiger partial charge is 0.505 e. The van der Waals surface area contributed by atoms with Gasteiger partial charge in [-0.25, -0.2) is 4.39 Å². The van der Waals surface area contributed by atoms with Gasteiger partial charge in [0, 0.05) is 24.9 Å². The van der Waals surface area contributed by atoms with Crippen LogP contribution in [0.4, 0.5) is 10.1 Å². The lowest BCUT2D eigenvalue weighted by Crippen LogP contribution is -2.18. The van der Waals surface area contributed by atoms with Gasteiger partial charge in [-0.05, 0) is 25.0 Å². The van der Waals surface area contributed by atoms with Crippen LogP contribution in [-0.4, -0.2) is 24.4 Å². The summed E-state index contributed by atoms with van der Waals surface area (Å²) in [6.45, 7) is 1.50. The molecule has 1 atom stereocenters. The van der Waals surface area contributed by atoms with Crippen LogP contribution in [0.1, 0.15) is 12.8 Å². The Morgan fingerprint density at radius 1 is 1.53 bits per heavy atom. The number of halogens is 1. The zero-order valence-electron chi connectivity index (χ0n) is 8.37. The molecule has 0 saturated carbocycles. The van der Waals surface area contributed by atoms with Gasteiger partial charge in [-0.1, -0.05) is 0 Å². The Kier molecular flexibility index (Phi) is 3.06. The Balaban J connectivity index is 1.90. The molecule has 1 heterocycles. The van der Waals surface area contributed by atoms with Crippen LogP contribution in [0.2, 0.25) is 0 Å². The molecule has 15 heavy (non-hydrogen) atoms. The summed E-state index contributed by atoms with van der Waals surface area (Å²) in [7, 11) is 0. The average Bonchev–Trinajstić information content (AvgIpc) is 2.73. The molecule has 0 aliphatic carbocycles. The minimum absolute atomic E-state index is 0.224. The lowest BCUT2D eigenvalue weighted by atomic mass is 10.2. The van der Waals surface area contributed by atoms with E-state index in [0.29, 0.717) is 12.2 Å². The predicted octanol–water partition coefficient (Wildman–Crippen LogP) is 2.12. The van der Waals surface area contributed by atoms with E-state index in [9.17, 15) is 4.39 Å². The first kappa shape index (κ1) is 10.2. The molecule has 1 aliphatic heterocycles. The number of aromatic hydroxyl groups is 1. The van der Waals surface area contributed by atoms with E-state index in [1.54, 1.807) is 6.07 Å². The van der Waals surface area contributed by atoms with Crippen LogP contribution in [0.15, 0.2) is 18.2 Å². The van der Waals surface area contributed by atoms with E-state index in [1.807, 2.05) is 0 Å². The fraction of sp³-hybridized carbons (Fsp3) is 0.455. The van der Waals surface area contributed by atoms with E-state index in [4.69, 9.17) is 9.84 Å². The minimum atomic E-state index is -0.604. The molecule has 82 valence electrons. The van der Waals surface area contributed by atoms with Crippen molar-refractivity contribution in [3.63, 3.8) is 0 Å². The number of phenols is 1. The molecule has 2 N–H and O–H groups in total. The first-order valence-electron chi connectivity index (χ1n) is 5.10. The number of rotatable bonds is 3. The highest BCUT2D eigenvalue weighted by Gasteiger charge is 2.14. The number of phenolic OH excluding ortho intramolecular Hbond substituents is 1. The van der Waals surface area contributed by atoms with E-state index in [0.717, 1.165) is 19.4 Å². The molecule has 1 aliphatic rings. The van der Waals surface area contributed by atoms with Gasteiger partial charge in [-0.3, -0.25) is 0 Å². The highest BCUT2D eigenvalue weighted by molar-refractivity contribution is 5.46. The summed E-state index contributed by atoms with van der Waals surface area (Å²) in [5, 5.41) is 12.1. The molecule has 1 aromatic carbocycles. The van der Waals surface area contributed by atoms with Crippen molar-refractivity contribution < 1.29 is 14.2 Å². The lowest BCUT2D eigenvalue weighted by molar-refractivity contribution is 0.120. The van der Waals surface area contributed by atoms with Crippen molar-refractivity contribution >= 4 is 5.69 Å². The quantitative estimate of drug-likeness (QED) is 0.752. The number of hydrogen-bond acceptors (Lipinski definition) is 3. The normalized spacial score (nSPS) is 20.5. The summed E-state index contributed by atoms with van der Waals surface area (Å²) in [5.74, 6) is -0.926. The van der Waals surface area contributed by atoms with Crippen LogP contribution in [0, 0.1) is 5.82 Å². The molecule has 4 heteroatoms. The predicted molar refractivity (Wildman–Crippen MR) is 55.5 cm³/mol. The van der Waals surface area contributed by atoms with Gasteiger partial charge in [0.05, 0.1) is 6.10 Å². The Bertz CT molecular complexity index is 337. The molecule has 1 saturated heterocycles. The van der Waals surface area contributed by atoms with Crippen LogP contribution in [0.25, 0.3) is 0 Å². The Morgan fingerprint density at radius 3 is 3.07 bits per heavy atom. The van der Waals surface area contributed by atoms with Crippen LogP contribution in [0.3, 0.4) is 0 Å². The second kappa shape index (κ2) is 4.49. The lowest BCUT2D eigenvalue weighted by Gasteiger charge is -2.11. The summed E-state index contributed by atoms with van der Waals surface area (Å²) in [4.78, 5) is 0. The number of ether oxygens (including phenoxy) is 1. The Morgan fingerprint density at radius 2 is 2.40 bits per heavy atom. The molecule has 0 bridgehead atoms. The van der Waals surface area contributed by atoms with Crippen molar-refractivity contribution in [2.24, 2.45) is 0 Å². The molecular weight excluding hydrogens is 197 g/mol. The number of nitrogens with one attached hydrogen (secondary N) is 1. The third kappa shape index (κ3) is 2.59. The second-order valence-electron chi connectivity index (χ2n) is 3.68. The van der Waals surface area contributed by atoms with Gasteiger partial charge < -0.3 is 15.2 Å². The molecule has 0 amide bonds. The fourth-order valence-electron chi connectivity index (χ4n) is 1.65. The SMILES string of the molecule is Oc1ccc(NCC2CCCO2)cc1F. The molecular formula is C11H14FNO2. The first-order chi connectivity index (χ1) is 7.25. The zero-order chi connectivity index (χ0) is 10.7. The topological polar surface area (TPSA) is 41.5 Å². The van der Waals surface area contributed by atoms with E-state index in [-0.39, 0.29) is 11.9 Å². The third-order valence-electron chi connectivity index (χ3n) is 2.51. The summed E-state index contributed by atoms with van der Waals surface area (Å²) in [6, 6.07) is 4.27. The summed E-state index contributed by atoms with van der Waals surface area (Å²) >= 11 is 0. The summed E-state index contributed by atoms with van der Waals surface area (Å²) in [6.07, 6.45) is 2.37. The molecule has 2 rings (SSSR count). The number of hydrogen-bond donors (Lipinski definition) is 2. The van der Waals surface area contributed by atoms with Crippen molar-refractivity contribution in [3.8, 4) is 5.75 Å². The van der Waals surface area contributed by atoms with Crippen molar-refractivity contribution in [3.05, 3.63) is 24.0 Å². The van der Waals surface area contributed by atoms with Gasteiger partial charge in [0.25, 0.3) is 0 Å². The molecule has 1 aromatic rings. The summed E-state index contributed by atoms with van der Waals surface area (Å²) < 4.78 is 18.4. The van der Waals surface area contributed by atoms with Crippen molar-refractivity contribution in [1.29, 1.82) is 0 Å². The summed E-state index contributed by atoms with van der Waals surface area (Å²) in [5.41, 5.74) is 0.667. The van der Waals surface area contributed by atoms with Crippen LogP contribution < -0.4 is 5.32 Å². The number of benzene rings is 1. The van der Waals surface area contributed by atoms with E-state index >= 15 is 0 Å². The molecule has 3 nitrogen and oxygen atoms in total. The van der Waals surface area contributed by atoms with Gasteiger partial charge in [-0.15, -0.1) is 0 Å². The fourth-order valence-corrected chi connectivity index (χ4v) is 1.65. The Labute approximate surface area is 87.9 Å². The number of anilines is 1. The first-order valence-corrected chi connectivity index (χ1v) is 5.10. The molecule has 0 aromatic heterocycles. The minimum Gasteiger partial charge on any atom is -0.505 e. The maximum Gasteiger partial charge on any atom is 0.166 e. The highest BCUT2D eigenvalue weighted by atomic mass is 19.1. The molecule has 0 spiro atoms. The smallest absolute Gasteiger partial charge is 0.166 e. The van der Waals surface area contributed by atoms with Crippen molar-refractivity contribution in [2.75, 3.05) is 18.5 Å². The van der Waals surface area contributed by atoms with Crippen LogP contribution in [0.5, 0.6) is 5.75 Å². The van der Waals surface area contributed by atoms with Crippen LogP contribution in [-0.2, 0) is 4.74 Å². The Hall–Kier alpha value is -1.29. The van der Waals surface area contributed by atoms with Gasteiger partial charge in [0.2, 0.25) is 0 Å². The molecule has 0 radical (unpaired) electrons. The maximum atomic E-state index is 13.0. The van der Waals surface area contributed by atoms with Gasteiger partial charge in [0.15, 0.2) is 11.6 Å². The van der Waals surface area contributed by atoms with E-state index in [2.05, 4.69) is 5.32 Å². The van der Waals surface area contributed by atoms with Gasteiger partial charge in [0.1, 0.15) is 0 Å². The van der Waals surface area contributed by atoms with Crippen molar-refractivity contribution in [2.45, 2.75) is 18.9 Å². The van der Waals surface area contributed by atoms with E-state index in [1.165, 1.54) is 12.1 Å². The maximum absolute atomic E-state index is 13.0. The van der Waals surface area contributed by atoms with Crippen LogP contribution >= 0.6 is 0 Å². The van der Waals surface area contributed by atoms with Gasteiger partial charge >= 0.3 is 0 Å². The molecule has 1 fully saturated rings. The van der Waals surface area contributed by atoms with Crippen molar-refractivity contribution in [1.82, 2.24) is 0 Å².